The molecule has 2 heterocycles. The average molecular weight is 359 g/mol. The highest BCUT2D eigenvalue weighted by Crippen LogP contribution is 2.45. The number of halogens is 2. The van der Waals surface area contributed by atoms with Crippen LogP contribution in [0.5, 0.6) is 0 Å². The third kappa shape index (κ3) is 2.99. The summed E-state index contributed by atoms with van der Waals surface area (Å²) in [6.45, 7) is 5.39. The third-order valence-corrected chi connectivity index (χ3v) is 5.50. The van der Waals surface area contributed by atoms with Crippen molar-refractivity contribution in [2.75, 3.05) is 18.5 Å². The van der Waals surface area contributed by atoms with Gasteiger partial charge in [0.25, 0.3) is 0 Å². The SMILES string of the molecule is CCC(C)c1ccc2c(c1)C1OCCOC1C(c1ccc(F)c(F)c1)N2. The van der Waals surface area contributed by atoms with E-state index in [1.165, 1.54) is 11.6 Å². The Kier molecular flexibility index (Phi) is 4.67. The van der Waals surface area contributed by atoms with Crippen LogP contribution in [0, 0.1) is 11.6 Å². The van der Waals surface area contributed by atoms with E-state index in [9.17, 15) is 8.78 Å². The fraction of sp³-hybridized carbons (Fsp3) is 0.429. The lowest BCUT2D eigenvalue weighted by Crippen LogP contribution is -2.43. The molecule has 0 aromatic heterocycles. The smallest absolute Gasteiger partial charge is 0.159 e. The molecule has 4 atom stereocenters. The first-order valence-corrected chi connectivity index (χ1v) is 9.17. The molecule has 138 valence electrons. The Morgan fingerprint density at radius 2 is 1.88 bits per heavy atom. The monoisotopic (exact) mass is 359 g/mol. The van der Waals surface area contributed by atoms with Crippen molar-refractivity contribution >= 4 is 5.69 Å². The van der Waals surface area contributed by atoms with Crippen molar-refractivity contribution < 1.29 is 18.3 Å². The second-order valence-electron chi connectivity index (χ2n) is 7.08. The number of rotatable bonds is 3. The molecule has 0 bridgehead atoms. The van der Waals surface area contributed by atoms with Crippen molar-refractivity contribution in [3.05, 3.63) is 64.7 Å². The lowest BCUT2D eigenvalue weighted by atomic mass is 9.85. The summed E-state index contributed by atoms with van der Waals surface area (Å²) in [4.78, 5) is 0. The number of fused-ring (bicyclic) bond motifs is 3. The van der Waals surface area contributed by atoms with Gasteiger partial charge in [0, 0.05) is 11.3 Å². The van der Waals surface area contributed by atoms with Crippen LogP contribution in [0.1, 0.15) is 55.0 Å². The minimum atomic E-state index is -0.851. The van der Waals surface area contributed by atoms with Crippen molar-refractivity contribution in [2.45, 2.75) is 44.4 Å². The fourth-order valence-corrected chi connectivity index (χ4v) is 3.80. The van der Waals surface area contributed by atoms with Gasteiger partial charge in [0.2, 0.25) is 0 Å². The molecule has 0 spiro atoms. The first kappa shape index (κ1) is 17.4. The van der Waals surface area contributed by atoms with Gasteiger partial charge in [-0.3, -0.25) is 0 Å². The van der Waals surface area contributed by atoms with E-state index >= 15 is 0 Å². The Balaban J connectivity index is 1.75. The number of hydrogen-bond acceptors (Lipinski definition) is 3. The zero-order valence-corrected chi connectivity index (χ0v) is 15.0. The summed E-state index contributed by atoms with van der Waals surface area (Å²) in [7, 11) is 0. The van der Waals surface area contributed by atoms with E-state index in [1.807, 2.05) is 0 Å². The predicted molar refractivity (Wildman–Crippen MR) is 96.3 cm³/mol. The molecule has 26 heavy (non-hydrogen) atoms. The van der Waals surface area contributed by atoms with Gasteiger partial charge in [0.1, 0.15) is 12.2 Å². The van der Waals surface area contributed by atoms with E-state index in [0.29, 0.717) is 24.7 Å². The maximum Gasteiger partial charge on any atom is 0.159 e. The molecular formula is C21H23F2NO2. The highest BCUT2D eigenvalue weighted by molar-refractivity contribution is 5.59. The first-order valence-electron chi connectivity index (χ1n) is 9.17. The van der Waals surface area contributed by atoms with Gasteiger partial charge in [-0.2, -0.15) is 0 Å². The molecule has 2 aliphatic rings. The summed E-state index contributed by atoms with van der Waals surface area (Å²) >= 11 is 0. The maximum absolute atomic E-state index is 13.8. The van der Waals surface area contributed by atoms with Crippen LogP contribution in [0.25, 0.3) is 0 Å². The summed E-state index contributed by atoms with van der Waals surface area (Å²) < 4.78 is 39.1. The Labute approximate surface area is 152 Å². The Hall–Kier alpha value is -1.98. The van der Waals surface area contributed by atoms with Crippen molar-refractivity contribution in [1.82, 2.24) is 0 Å². The molecule has 4 rings (SSSR count). The van der Waals surface area contributed by atoms with Gasteiger partial charge in [-0.25, -0.2) is 8.78 Å². The van der Waals surface area contributed by atoms with Crippen LogP contribution < -0.4 is 5.32 Å². The standard InChI is InChI=1S/C21H23F2NO2/c1-3-12(2)13-5-7-18-15(10-13)20-21(26-9-8-25-20)19(24-18)14-4-6-16(22)17(23)11-14/h4-7,10-12,19-21,24H,3,8-9H2,1-2H3. The summed E-state index contributed by atoms with van der Waals surface area (Å²) in [5.41, 5.74) is 3.96. The Morgan fingerprint density at radius 3 is 2.65 bits per heavy atom. The van der Waals surface area contributed by atoms with Gasteiger partial charge in [-0.15, -0.1) is 0 Å². The minimum absolute atomic E-state index is 0.220. The van der Waals surface area contributed by atoms with E-state index in [-0.39, 0.29) is 18.2 Å². The zero-order valence-electron chi connectivity index (χ0n) is 15.0. The normalized spacial score (nSPS) is 25.8. The van der Waals surface area contributed by atoms with Crippen LogP contribution in [0.2, 0.25) is 0 Å². The molecule has 0 saturated carbocycles. The highest BCUT2D eigenvalue weighted by atomic mass is 19.2. The topological polar surface area (TPSA) is 30.5 Å². The van der Waals surface area contributed by atoms with Gasteiger partial charge in [-0.05, 0) is 41.7 Å². The second-order valence-corrected chi connectivity index (χ2v) is 7.08. The largest absolute Gasteiger partial charge is 0.375 e. The van der Waals surface area contributed by atoms with Crippen molar-refractivity contribution in [2.24, 2.45) is 0 Å². The fourth-order valence-electron chi connectivity index (χ4n) is 3.80. The summed E-state index contributed by atoms with van der Waals surface area (Å²) in [6, 6.07) is 10.1. The number of anilines is 1. The zero-order chi connectivity index (χ0) is 18.3. The van der Waals surface area contributed by atoms with Crippen molar-refractivity contribution in [3.8, 4) is 0 Å². The average Bonchev–Trinajstić information content (AvgIpc) is 2.68. The van der Waals surface area contributed by atoms with E-state index in [0.717, 1.165) is 23.7 Å². The van der Waals surface area contributed by atoms with Crippen molar-refractivity contribution in [3.63, 3.8) is 0 Å². The lowest BCUT2D eigenvalue weighted by Gasteiger charge is -2.43. The molecule has 0 aliphatic carbocycles. The van der Waals surface area contributed by atoms with Gasteiger partial charge >= 0.3 is 0 Å². The van der Waals surface area contributed by atoms with Crippen LogP contribution >= 0.6 is 0 Å². The predicted octanol–water partition coefficient (Wildman–Crippen LogP) is 5.10. The molecule has 0 radical (unpaired) electrons. The molecule has 5 heteroatoms. The maximum atomic E-state index is 13.8. The molecule has 1 saturated heterocycles. The Morgan fingerprint density at radius 1 is 1.08 bits per heavy atom. The third-order valence-electron chi connectivity index (χ3n) is 5.50. The number of ether oxygens (including phenoxy) is 2. The molecule has 4 unspecified atom stereocenters. The van der Waals surface area contributed by atoms with Crippen LogP contribution in [-0.2, 0) is 9.47 Å². The molecule has 2 aromatic rings. The van der Waals surface area contributed by atoms with Crippen LogP contribution in [-0.4, -0.2) is 19.3 Å². The number of hydrogen-bond donors (Lipinski definition) is 1. The Bertz CT molecular complexity index is 811. The molecule has 0 amide bonds. The minimum Gasteiger partial charge on any atom is -0.375 e. The molecule has 2 aromatic carbocycles. The van der Waals surface area contributed by atoms with Gasteiger partial charge in [0.05, 0.1) is 19.3 Å². The molecule has 1 N–H and O–H groups in total. The summed E-state index contributed by atoms with van der Waals surface area (Å²) in [5.74, 6) is -1.23. The van der Waals surface area contributed by atoms with Gasteiger partial charge in [0.15, 0.2) is 11.6 Å². The highest BCUT2D eigenvalue weighted by Gasteiger charge is 2.41. The molecular weight excluding hydrogens is 336 g/mol. The molecule has 2 aliphatic heterocycles. The van der Waals surface area contributed by atoms with E-state index < -0.39 is 11.6 Å². The molecule has 1 fully saturated rings. The van der Waals surface area contributed by atoms with E-state index in [2.05, 4.69) is 37.4 Å². The summed E-state index contributed by atoms with van der Waals surface area (Å²) in [6.07, 6.45) is 0.560. The van der Waals surface area contributed by atoms with Crippen molar-refractivity contribution in [1.29, 1.82) is 0 Å². The lowest BCUT2D eigenvalue weighted by molar-refractivity contribution is -0.151. The second kappa shape index (κ2) is 6.97. The van der Waals surface area contributed by atoms with Crippen LogP contribution in [0.3, 0.4) is 0 Å². The van der Waals surface area contributed by atoms with E-state index in [4.69, 9.17) is 9.47 Å². The van der Waals surface area contributed by atoms with Gasteiger partial charge in [-0.1, -0.05) is 32.0 Å². The number of nitrogens with one attached hydrogen (secondary N) is 1. The van der Waals surface area contributed by atoms with E-state index in [1.54, 1.807) is 6.07 Å². The summed E-state index contributed by atoms with van der Waals surface area (Å²) in [5, 5.41) is 3.45. The van der Waals surface area contributed by atoms with Gasteiger partial charge < -0.3 is 14.8 Å². The first-order chi connectivity index (χ1) is 12.6. The molecule has 3 nitrogen and oxygen atoms in total. The quantitative estimate of drug-likeness (QED) is 0.827. The number of benzene rings is 2. The van der Waals surface area contributed by atoms with Crippen LogP contribution in [0.4, 0.5) is 14.5 Å². The van der Waals surface area contributed by atoms with Crippen LogP contribution in [0.15, 0.2) is 36.4 Å².